The summed E-state index contributed by atoms with van der Waals surface area (Å²) in [5.41, 5.74) is 1.94. The van der Waals surface area contributed by atoms with Crippen LogP contribution in [0.1, 0.15) is 24.4 Å². The molecule has 3 rings (SSSR count). The summed E-state index contributed by atoms with van der Waals surface area (Å²) in [5, 5.41) is 5.80. The lowest BCUT2D eigenvalue weighted by molar-refractivity contribution is 0.227. The van der Waals surface area contributed by atoms with Crippen molar-refractivity contribution in [1.82, 2.24) is 15.2 Å². The molecule has 0 unspecified atom stereocenters. The molecule has 5 nitrogen and oxygen atoms in total. The zero-order chi connectivity index (χ0) is 15.9. The normalized spacial score (nSPS) is 16.0. The summed E-state index contributed by atoms with van der Waals surface area (Å²) < 4.78 is 0. The van der Waals surface area contributed by atoms with Crippen LogP contribution in [0.4, 0.5) is 10.5 Å². The quantitative estimate of drug-likeness (QED) is 0.892. The van der Waals surface area contributed by atoms with Gasteiger partial charge in [-0.1, -0.05) is 30.3 Å². The van der Waals surface area contributed by atoms with Gasteiger partial charge in [0.15, 0.2) is 0 Å². The standard InChI is InChI=1S/C18H22N4O/c23-18(21-16-9-6-10-19-13-16)20-14-17(22-11-4-5-12-22)15-7-2-1-3-8-15/h1-3,6-10,13,17H,4-5,11-12,14H2,(H2,20,21,23)/t17-/m0/s1. The van der Waals surface area contributed by atoms with Crippen LogP contribution in [-0.4, -0.2) is 35.5 Å². The van der Waals surface area contributed by atoms with Crippen LogP contribution in [0.3, 0.4) is 0 Å². The van der Waals surface area contributed by atoms with Gasteiger partial charge in [-0.05, 0) is 43.6 Å². The number of hydrogen-bond acceptors (Lipinski definition) is 3. The van der Waals surface area contributed by atoms with Crippen LogP contribution in [0.15, 0.2) is 54.9 Å². The summed E-state index contributed by atoms with van der Waals surface area (Å²) in [6.45, 7) is 2.77. The number of likely N-dealkylation sites (tertiary alicyclic amines) is 1. The molecule has 120 valence electrons. The van der Waals surface area contributed by atoms with Crippen molar-refractivity contribution < 1.29 is 4.79 Å². The summed E-state index contributed by atoms with van der Waals surface area (Å²) in [5.74, 6) is 0. The number of aromatic nitrogens is 1. The van der Waals surface area contributed by atoms with Gasteiger partial charge in [0, 0.05) is 12.7 Å². The largest absolute Gasteiger partial charge is 0.336 e. The van der Waals surface area contributed by atoms with Gasteiger partial charge >= 0.3 is 6.03 Å². The van der Waals surface area contributed by atoms with Crippen LogP contribution < -0.4 is 10.6 Å². The van der Waals surface area contributed by atoms with Crippen LogP contribution in [-0.2, 0) is 0 Å². The van der Waals surface area contributed by atoms with Gasteiger partial charge in [-0.2, -0.15) is 0 Å². The molecule has 0 spiro atoms. The molecule has 0 bridgehead atoms. The van der Waals surface area contributed by atoms with Crippen molar-refractivity contribution in [3.05, 3.63) is 60.4 Å². The third-order valence-electron chi connectivity index (χ3n) is 4.14. The number of amides is 2. The first kappa shape index (κ1) is 15.5. The number of urea groups is 1. The summed E-state index contributed by atoms with van der Waals surface area (Å²) in [4.78, 5) is 18.5. The second kappa shape index (κ2) is 7.74. The molecule has 1 fully saturated rings. The second-order valence-corrected chi connectivity index (χ2v) is 5.75. The van der Waals surface area contributed by atoms with E-state index in [-0.39, 0.29) is 12.1 Å². The molecule has 1 atom stereocenters. The minimum atomic E-state index is -0.196. The molecule has 1 aliphatic rings. The van der Waals surface area contributed by atoms with Gasteiger partial charge in [0.25, 0.3) is 0 Å². The molecular weight excluding hydrogens is 288 g/mol. The molecule has 0 radical (unpaired) electrons. The zero-order valence-corrected chi connectivity index (χ0v) is 13.1. The molecule has 1 aromatic heterocycles. The Hall–Kier alpha value is -2.40. The third-order valence-corrected chi connectivity index (χ3v) is 4.14. The Morgan fingerprint density at radius 3 is 2.61 bits per heavy atom. The van der Waals surface area contributed by atoms with E-state index in [1.165, 1.54) is 18.4 Å². The van der Waals surface area contributed by atoms with Gasteiger partial charge in [0.1, 0.15) is 0 Å². The first-order chi connectivity index (χ1) is 11.3. The lowest BCUT2D eigenvalue weighted by Gasteiger charge is -2.28. The fourth-order valence-corrected chi connectivity index (χ4v) is 2.99. The number of hydrogen-bond donors (Lipinski definition) is 2. The first-order valence-electron chi connectivity index (χ1n) is 8.07. The first-order valence-corrected chi connectivity index (χ1v) is 8.07. The van der Waals surface area contributed by atoms with E-state index in [1.807, 2.05) is 24.3 Å². The fourth-order valence-electron chi connectivity index (χ4n) is 2.99. The van der Waals surface area contributed by atoms with E-state index < -0.39 is 0 Å². The summed E-state index contributed by atoms with van der Waals surface area (Å²) in [6, 6.07) is 14.0. The fraction of sp³-hybridized carbons (Fsp3) is 0.333. The molecule has 1 aromatic carbocycles. The molecule has 0 saturated carbocycles. The lowest BCUT2D eigenvalue weighted by Crippen LogP contribution is -2.38. The van der Waals surface area contributed by atoms with Gasteiger partial charge < -0.3 is 10.6 Å². The van der Waals surface area contributed by atoms with Crippen LogP contribution in [0.5, 0.6) is 0 Å². The predicted octanol–water partition coefficient (Wildman–Crippen LogP) is 3.04. The van der Waals surface area contributed by atoms with Gasteiger partial charge in [-0.25, -0.2) is 4.79 Å². The Morgan fingerprint density at radius 2 is 1.91 bits per heavy atom. The van der Waals surface area contributed by atoms with Crippen molar-refractivity contribution in [2.75, 3.05) is 25.0 Å². The average molecular weight is 310 g/mol. The molecule has 0 aliphatic carbocycles. The van der Waals surface area contributed by atoms with Crippen LogP contribution in [0, 0.1) is 0 Å². The molecule has 2 amide bonds. The van der Waals surface area contributed by atoms with Gasteiger partial charge in [0.2, 0.25) is 0 Å². The number of nitrogens with one attached hydrogen (secondary N) is 2. The zero-order valence-electron chi connectivity index (χ0n) is 13.1. The molecule has 2 aromatic rings. The Kier molecular flexibility index (Phi) is 5.21. The van der Waals surface area contributed by atoms with Crippen molar-refractivity contribution in [2.45, 2.75) is 18.9 Å². The number of carbonyl (C=O) groups is 1. The van der Waals surface area contributed by atoms with E-state index in [0.29, 0.717) is 12.2 Å². The van der Waals surface area contributed by atoms with Crippen molar-refractivity contribution in [1.29, 1.82) is 0 Å². The maximum absolute atomic E-state index is 12.1. The van der Waals surface area contributed by atoms with Crippen LogP contribution >= 0.6 is 0 Å². The highest BCUT2D eigenvalue weighted by Crippen LogP contribution is 2.24. The minimum absolute atomic E-state index is 0.196. The monoisotopic (exact) mass is 310 g/mol. The highest BCUT2D eigenvalue weighted by molar-refractivity contribution is 5.88. The van der Waals surface area contributed by atoms with Gasteiger partial charge in [-0.15, -0.1) is 0 Å². The molecule has 1 aliphatic heterocycles. The minimum Gasteiger partial charge on any atom is -0.336 e. The van der Waals surface area contributed by atoms with Crippen molar-refractivity contribution in [3.8, 4) is 0 Å². The Balaban J connectivity index is 1.61. The van der Waals surface area contributed by atoms with E-state index in [2.05, 4.69) is 32.7 Å². The number of carbonyl (C=O) groups excluding carboxylic acids is 1. The van der Waals surface area contributed by atoms with Crippen molar-refractivity contribution in [2.24, 2.45) is 0 Å². The summed E-state index contributed by atoms with van der Waals surface area (Å²) in [7, 11) is 0. The Labute approximate surface area is 136 Å². The number of nitrogens with zero attached hydrogens (tertiary/aromatic N) is 2. The average Bonchev–Trinajstić information content (AvgIpc) is 3.11. The van der Waals surface area contributed by atoms with Crippen LogP contribution in [0.2, 0.25) is 0 Å². The maximum atomic E-state index is 12.1. The molecule has 23 heavy (non-hydrogen) atoms. The number of rotatable bonds is 5. The lowest BCUT2D eigenvalue weighted by atomic mass is 10.1. The summed E-state index contributed by atoms with van der Waals surface area (Å²) >= 11 is 0. The van der Waals surface area contributed by atoms with E-state index >= 15 is 0 Å². The molecule has 2 heterocycles. The highest BCUT2D eigenvalue weighted by Gasteiger charge is 2.23. The van der Waals surface area contributed by atoms with E-state index in [0.717, 1.165) is 13.1 Å². The smallest absolute Gasteiger partial charge is 0.319 e. The topological polar surface area (TPSA) is 57.3 Å². The molecule has 5 heteroatoms. The Bertz CT molecular complexity index is 611. The predicted molar refractivity (Wildman–Crippen MR) is 91.2 cm³/mol. The van der Waals surface area contributed by atoms with E-state index in [4.69, 9.17) is 0 Å². The van der Waals surface area contributed by atoms with Crippen molar-refractivity contribution >= 4 is 11.7 Å². The second-order valence-electron chi connectivity index (χ2n) is 5.75. The van der Waals surface area contributed by atoms with Gasteiger partial charge in [0.05, 0.1) is 17.9 Å². The van der Waals surface area contributed by atoms with E-state index in [9.17, 15) is 4.79 Å². The highest BCUT2D eigenvalue weighted by atomic mass is 16.2. The molecule has 1 saturated heterocycles. The van der Waals surface area contributed by atoms with Crippen molar-refractivity contribution in [3.63, 3.8) is 0 Å². The number of pyridine rings is 1. The SMILES string of the molecule is O=C(NC[C@@H](c1ccccc1)N1CCCC1)Nc1cccnc1. The maximum Gasteiger partial charge on any atom is 0.319 e. The molecular formula is C18H22N4O. The van der Waals surface area contributed by atoms with Gasteiger partial charge in [-0.3, -0.25) is 9.88 Å². The number of anilines is 1. The third kappa shape index (κ3) is 4.29. The summed E-state index contributed by atoms with van der Waals surface area (Å²) in [6.07, 6.45) is 5.77. The Morgan fingerprint density at radius 1 is 1.13 bits per heavy atom. The molecule has 2 N–H and O–H groups in total. The van der Waals surface area contributed by atoms with E-state index in [1.54, 1.807) is 18.5 Å². The number of benzene rings is 1. The van der Waals surface area contributed by atoms with Crippen LogP contribution in [0.25, 0.3) is 0 Å².